The highest BCUT2D eigenvalue weighted by Crippen LogP contribution is 2.25. The molecule has 0 spiro atoms. The minimum atomic E-state index is -0.0737. The van der Waals surface area contributed by atoms with E-state index in [1.165, 1.54) is 11.8 Å². The Morgan fingerprint density at radius 3 is 2.89 bits per heavy atom. The van der Waals surface area contributed by atoms with Crippen molar-refractivity contribution in [1.29, 1.82) is 0 Å². The first-order valence-electron chi connectivity index (χ1n) is 8.44. The topological polar surface area (TPSA) is 61.4 Å². The van der Waals surface area contributed by atoms with Gasteiger partial charge in [0.25, 0.3) is 5.56 Å². The first-order chi connectivity index (χ1) is 13.2. The molecule has 3 heterocycles. The lowest BCUT2D eigenvalue weighted by molar-refractivity contribution is 0.414. The van der Waals surface area contributed by atoms with Crippen molar-refractivity contribution in [2.24, 2.45) is 0 Å². The van der Waals surface area contributed by atoms with Crippen molar-refractivity contribution in [2.75, 3.05) is 7.11 Å². The summed E-state index contributed by atoms with van der Waals surface area (Å²) in [7, 11) is 1.65. The quantitative estimate of drug-likeness (QED) is 0.498. The lowest BCUT2D eigenvalue weighted by atomic mass is 10.3. The Bertz CT molecular complexity index is 1170. The summed E-state index contributed by atoms with van der Waals surface area (Å²) in [6.07, 6.45) is 5.41. The van der Waals surface area contributed by atoms with Crippen molar-refractivity contribution in [3.63, 3.8) is 0 Å². The van der Waals surface area contributed by atoms with Crippen molar-refractivity contribution >= 4 is 17.4 Å². The standard InChI is InChI=1S/C20H18N4O2S/c1-14-5-4-9-24-18(25)11-15(22-19(14)24)13-27-20-21-8-10-23(20)16-6-3-7-17(12-16)26-2/h3-12H,13H2,1-2H3. The number of aromatic nitrogens is 4. The van der Waals surface area contributed by atoms with Gasteiger partial charge in [-0.25, -0.2) is 9.97 Å². The Hall–Kier alpha value is -3.06. The largest absolute Gasteiger partial charge is 0.497 e. The van der Waals surface area contributed by atoms with Gasteiger partial charge in [0.1, 0.15) is 11.4 Å². The molecule has 0 saturated heterocycles. The maximum absolute atomic E-state index is 12.4. The first kappa shape index (κ1) is 17.4. The summed E-state index contributed by atoms with van der Waals surface area (Å²) in [6.45, 7) is 1.95. The van der Waals surface area contributed by atoms with Crippen LogP contribution in [0.15, 0.2) is 71.0 Å². The minimum absolute atomic E-state index is 0.0737. The van der Waals surface area contributed by atoms with Gasteiger partial charge in [0.2, 0.25) is 0 Å². The van der Waals surface area contributed by atoms with Crippen LogP contribution < -0.4 is 10.3 Å². The number of rotatable bonds is 5. The van der Waals surface area contributed by atoms with Crippen LogP contribution >= 0.6 is 11.8 Å². The molecule has 6 nitrogen and oxygen atoms in total. The molecule has 0 aliphatic carbocycles. The smallest absolute Gasteiger partial charge is 0.258 e. The summed E-state index contributed by atoms with van der Waals surface area (Å²) >= 11 is 1.54. The van der Waals surface area contributed by atoms with Gasteiger partial charge >= 0.3 is 0 Å². The van der Waals surface area contributed by atoms with Crippen LogP contribution in [0.25, 0.3) is 11.3 Å². The van der Waals surface area contributed by atoms with Crippen LogP contribution in [0.3, 0.4) is 0 Å². The van der Waals surface area contributed by atoms with Crippen LogP contribution in [0.5, 0.6) is 5.75 Å². The van der Waals surface area contributed by atoms with Crippen LogP contribution in [-0.4, -0.2) is 26.0 Å². The molecule has 0 atom stereocenters. The maximum Gasteiger partial charge on any atom is 0.258 e. The zero-order valence-electron chi connectivity index (χ0n) is 15.0. The van der Waals surface area contributed by atoms with Crippen LogP contribution in [0.4, 0.5) is 0 Å². The lowest BCUT2D eigenvalue weighted by Gasteiger charge is -2.09. The number of hydrogen-bond acceptors (Lipinski definition) is 5. The van der Waals surface area contributed by atoms with Gasteiger partial charge in [0, 0.05) is 36.5 Å². The predicted molar refractivity (Wildman–Crippen MR) is 106 cm³/mol. The third-order valence-corrected chi connectivity index (χ3v) is 5.23. The van der Waals surface area contributed by atoms with Crippen LogP contribution in [-0.2, 0) is 5.75 Å². The summed E-state index contributed by atoms with van der Waals surface area (Å²) in [4.78, 5) is 21.4. The number of benzene rings is 1. The number of nitrogens with zero attached hydrogens (tertiary/aromatic N) is 4. The molecule has 4 rings (SSSR count). The van der Waals surface area contributed by atoms with Gasteiger partial charge in [-0.3, -0.25) is 13.8 Å². The third-order valence-electron chi connectivity index (χ3n) is 4.23. The number of pyridine rings is 1. The Morgan fingerprint density at radius 1 is 1.15 bits per heavy atom. The van der Waals surface area contributed by atoms with Crippen molar-refractivity contribution in [3.8, 4) is 11.4 Å². The number of ether oxygens (including phenoxy) is 1. The molecule has 0 N–H and O–H groups in total. The number of aryl methyl sites for hydroxylation is 1. The number of fused-ring (bicyclic) bond motifs is 1. The average molecular weight is 378 g/mol. The maximum atomic E-state index is 12.4. The number of methoxy groups -OCH3 is 1. The van der Waals surface area contributed by atoms with Crippen LogP contribution in [0.2, 0.25) is 0 Å². The van der Waals surface area contributed by atoms with E-state index in [0.29, 0.717) is 11.4 Å². The fraction of sp³-hybridized carbons (Fsp3) is 0.150. The molecule has 27 heavy (non-hydrogen) atoms. The SMILES string of the molecule is COc1cccc(-n2ccnc2SCc2cc(=O)n3cccc(C)c3n2)c1. The summed E-state index contributed by atoms with van der Waals surface area (Å²) in [5.74, 6) is 1.35. The highest BCUT2D eigenvalue weighted by molar-refractivity contribution is 7.98. The second-order valence-electron chi connectivity index (χ2n) is 6.04. The van der Waals surface area contributed by atoms with E-state index in [4.69, 9.17) is 4.74 Å². The zero-order valence-corrected chi connectivity index (χ0v) is 15.8. The van der Waals surface area contributed by atoms with Crippen molar-refractivity contribution in [3.05, 3.63) is 82.7 Å². The van der Waals surface area contributed by atoms with E-state index in [-0.39, 0.29) is 5.56 Å². The minimum Gasteiger partial charge on any atom is -0.497 e. The average Bonchev–Trinajstić information content (AvgIpc) is 3.16. The Labute approximate surface area is 160 Å². The van der Waals surface area contributed by atoms with Crippen molar-refractivity contribution in [2.45, 2.75) is 17.8 Å². The van der Waals surface area contributed by atoms with Gasteiger partial charge in [-0.2, -0.15) is 0 Å². The second-order valence-corrected chi connectivity index (χ2v) is 6.98. The third kappa shape index (κ3) is 3.46. The Kier molecular flexibility index (Phi) is 4.68. The molecule has 0 amide bonds. The van der Waals surface area contributed by atoms with Gasteiger partial charge in [-0.15, -0.1) is 0 Å². The number of imidazole rings is 1. The molecule has 0 saturated carbocycles. The fourth-order valence-electron chi connectivity index (χ4n) is 2.87. The molecule has 136 valence electrons. The highest BCUT2D eigenvalue weighted by Gasteiger charge is 2.10. The summed E-state index contributed by atoms with van der Waals surface area (Å²) in [5.41, 5.74) is 3.29. The molecule has 0 aliphatic heterocycles. The van der Waals surface area contributed by atoms with Crippen molar-refractivity contribution < 1.29 is 4.74 Å². The fourth-order valence-corrected chi connectivity index (χ4v) is 3.74. The van der Waals surface area contributed by atoms with Gasteiger partial charge < -0.3 is 4.74 Å². The second kappa shape index (κ2) is 7.28. The van der Waals surface area contributed by atoms with Crippen LogP contribution in [0.1, 0.15) is 11.3 Å². The predicted octanol–water partition coefficient (Wildman–Crippen LogP) is 3.49. The molecule has 0 radical (unpaired) electrons. The van der Waals surface area contributed by atoms with E-state index in [9.17, 15) is 4.79 Å². The van der Waals surface area contributed by atoms with Crippen LogP contribution in [0, 0.1) is 6.92 Å². The molecule has 0 aliphatic rings. The van der Waals surface area contributed by atoms with E-state index in [0.717, 1.165) is 27.9 Å². The summed E-state index contributed by atoms with van der Waals surface area (Å²) in [5, 5.41) is 0.829. The summed E-state index contributed by atoms with van der Waals surface area (Å²) < 4.78 is 8.86. The zero-order chi connectivity index (χ0) is 18.8. The molecule has 7 heteroatoms. The van der Waals surface area contributed by atoms with E-state index < -0.39 is 0 Å². The van der Waals surface area contributed by atoms with Gasteiger partial charge in [0.15, 0.2) is 5.16 Å². The van der Waals surface area contributed by atoms with E-state index in [2.05, 4.69) is 9.97 Å². The Balaban J connectivity index is 1.62. The Morgan fingerprint density at radius 2 is 2.04 bits per heavy atom. The molecule has 1 aromatic carbocycles. The van der Waals surface area contributed by atoms with E-state index in [1.54, 1.807) is 30.0 Å². The number of hydrogen-bond donors (Lipinski definition) is 0. The van der Waals surface area contributed by atoms with E-state index >= 15 is 0 Å². The number of thioether (sulfide) groups is 1. The first-order valence-corrected chi connectivity index (χ1v) is 9.43. The molecule has 0 unspecified atom stereocenters. The highest BCUT2D eigenvalue weighted by atomic mass is 32.2. The molecule has 3 aromatic heterocycles. The summed E-state index contributed by atoms with van der Waals surface area (Å²) in [6, 6.07) is 13.2. The van der Waals surface area contributed by atoms with Crippen molar-refractivity contribution in [1.82, 2.24) is 18.9 Å². The molecular weight excluding hydrogens is 360 g/mol. The van der Waals surface area contributed by atoms with E-state index in [1.807, 2.05) is 54.1 Å². The van der Waals surface area contributed by atoms with Gasteiger partial charge in [-0.05, 0) is 30.7 Å². The van der Waals surface area contributed by atoms with Gasteiger partial charge in [-0.1, -0.05) is 23.9 Å². The van der Waals surface area contributed by atoms with Gasteiger partial charge in [0.05, 0.1) is 18.5 Å². The lowest BCUT2D eigenvalue weighted by Crippen LogP contribution is -2.15. The molecule has 4 aromatic rings. The molecule has 0 bridgehead atoms. The monoisotopic (exact) mass is 378 g/mol. The normalized spacial score (nSPS) is 11.0. The molecule has 0 fully saturated rings. The molecular formula is C20H18N4O2S.